The van der Waals surface area contributed by atoms with Gasteiger partial charge in [-0.25, -0.2) is 9.59 Å². The van der Waals surface area contributed by atoms with Crippen molar-refractivity contribution in [2.45, 2.75) is 25.0 Å². The van der Waals surface area contributed by atoms with Crippen LogP contribution in [0.4, 0.5) is 0 Å². The number of aromatic carboxylic acids is 1. The third-order valence-electron chi connectivity index (χ3n) is 4.71. The molecule has 160 valence electrons. The molecule has 1 aromatic heterocycles. The highest BCUT2D eigenvalue weighted by molar-refractivity contribution is 5.93. The van der Waals surface area contributed by atoms with E-state index in [-0.39, 0.29) is 24.4 Å². The van der Waals surface area contributed by atoms with Gasteiger partial charge in [0.25, 0.3) is 5.91 Å². The van der Waals surface area contributed by atoms with E-state index >= 15 is 0 Å². The van der Waals surface area contributed by atoms with E-state index in [1.807, 2.05) is 54.6 Å². The Balaban J connectivity index is 1.74. The van der Waals surface area contributed by atoms with Crippen LogP contribution >= 0.6 is 0 Å². The zero-order valence-corrected chi connectivity index (χ0v) is 16.4. The van der Waals surface area contributed by atoms with Crippen LogP contribution in [0.25, 0.3) is 11.1 Å². The molecule has 3 aromatic rings. The summed E-state index contributed by atoms with van der Waals surface area (Å²) in [5.74, 6) is -4.01. The number of hydrogen-bond donors (Lipinski definition) is 4. The SMILES string of the molecule is O=C(O)c1ccc(C(=O)NC(Cc2ccc(-c3ccccc3)cc2)C[C@@H](O)C(=O)O)o1. The van der Waals surface area contributed by atoms with Gasteiger partial charge >= 0.3 is 11.9 Å². The Labute approximate surface area is 177 Å². The van der Waals surface area contributed by atoms with Crippen molar-refractivity contribution in [3.8, 4) is 11.1 Å². The highest BCUT2D eigenvalue weighted by Gasteiger charge is 2.24. The fourth-order valence-corrected chi connectivity index (χ4v) is 3.14. The molecule has 1 amide bonds. The molecule has 0 radical (unpaired) electrons. The summed E-state index contributed by atoms with van der Waals surface area (Å²) >= 11 is 0. The minimum Gasteiger partial charge on any atom is -0.479 e. The third-order valence-corrected chi connectivity index (χ3v) is 4.71. The number of carbonyl (C=O) groups excluding carboxylic acids is 1. The fraction of sp³-hybridized carbons (Fsp3) is 0.174. The Bertz CT molecular complexity index is 1060. The van der Waals surface area contributed by atoms with Gasteiger partial charge in [0, 0.05) is 12.5 Å². The summed E-state index contributed by atoms with van der Waals surface area (Å²) in [5, 5.41) is 30.3. The van der Waals surface area contributed by atoms with Crippen molar-refractivity contribution in [2.75, 3.05) is 0 Å². The largest absolute Gasteiger partial charge is 0.479 e. The average Bonchev–Trinajstić information content (AvgIpc) is 3.25. The van der Waals surface area contributed by atoms with Crippen LogP contribution in [0.3, 0.4) is 0 Å². The van der Waals surface area contributed by atoms with Crippen molar-refractivity contribution in [3.63, 3.8) is 0 Å². The summed E-state index contributed by atoms with van der Waals surface area (Å²) < 4.78 is 4.98. The quantitative estimate of drug-likeness (QED) is 0.415. The number of hydrogen-bond acceptors (Lipinski definition) is 5. The Morgan fingerprint density at radius 3 is 2.03 bits per heavy atom. The molecule has 31 heavy (non-hydrogen) atoms. The Morgan fingerprint density at radius 1 is 0.839 bits per heavy atom. The van der Waals surface area contributed by atoms with Gasteiger partial charge in [-0.15, -0.1) is 0 Å². The van der Waals surface area contributed by atoms with Gasteiger partial charge < -0.3 is 25.1 Å². The highest BCUT2D eigenvalue weighted by atomic mass is 16.4. The molecule has 0 aliphatic heterocycles. The van der Waals surface area contributed by atoms with Gasteiger partial charge in [0.1, 0.15) is 0 Å². The maximum absolute atomic E-state index is 12.4. The van der Waals surface area contributed by atoms with Crippen LogP contribution in [-0.2, 0) is 11.2 Å². The number of furan rings is 1. The number of rotatable bonds is 9. The minimum atomic E-state index is -1.67. The van der Waals surface area contributed by atoms with Gasteiger partial charge in [0.05, 0.1) is 0 Å². The number of nitrogens with one attached hydrogen (secondary N) is 1. The van der Waals surface area contributed by atoms with Crippen molar-refractivity contribution >= 4 is 17.8 Å². The summed E-state index contributed by atoms with van der Waals surface area (Å²) in [5.41, 5.74) is 2.88. The Hall–Kier alpha value is -3.91. The van der Waals surface area contributed by atoms with E-state index in [1.54, 1.807) is 0 Å². The molecule has 0 spiro atoms. The maximum atomic E-state index is 12.4. The lowest BCUT2D eigenvalue weighted by atomic mass is 9.98. The molecule has 3 rings (SSSR count). The lowest BCUT2D eigenvalue weighted by Gasteiger charge is -2.20. The molecule has 0 fully saturated rings. The lowest BCUT2D eigenvalue weighted by molar-refractivity contribution is -0.147. The summed E-state index contributed by atoms with van der Waals surface area (Å²) in [6.07, 6.45) is -1.63. The molecule has 2 aromatic carbocycles. The molecule has 8 heteroatoms. The van der Waals surface area contributed by atoms with Gasteiger partial charge in [0.15, 0.2) is 11.9 Å². The molecule has 0 saturated carbocycles. The van der Waals surface area contributed by atoms with E-state index in [0.717, 1.165) is 22.8 Å². The summed E-state index contributed by atoms with van der Waals surface area (Å²) in [6, 6.07) is 19.0. The predicted molar refractivity (Wildman–Crippen MR) is 111 cm³/mol. The molecule has 0 aliphatic carbocycles. The first-order valence-electron chi connectivity index (χ1n) is 9.52. The molecule has 1 heterocycles. The second-order valence-electron chi connectivity index (χ2n) is 7.00. The first kappa shape index (κ1) is 21.8. The topological polar surface area (TPSA) is 137 Å². The van der Waals surface area contributed by atoms with Crippen LogP contribution in [0.2, 0.25) is 0 Å². The summed E-state index contributed by atoms with van der Waals surface area (Å²) in [7, 11) is 0. The van der Waals surface area contributed by atoms with Crippen molar-refractivity contribution < 1.29 is 34.1 Å². The van der Waals surface area contributed by atoms with Gasteiger partial charge in [-0.2, -0.15) is 0 Å². The van der Waals surface area contributed by atoms with Gasteiger partial charge in [-0.3, -0.25) is 4.79 Å². The molecular formula is C23H21NO7. The van der Waals surface area contributed by atoms with Crippen LogP contribution in [0, 0.1) is 0 Å². The fourth-order valence-electron chi connectivity index (χ4n) is 3.14. The number of aliphatic hydroxyl groups excluding tert-OH is 1. The number of carboxylic acids is 2. The predicted octanol–water partition coefficient (Wildman–Crippen LogP) is 2.82. The Kier molecular flexibility index (Phi) is 6.84. The zero-order valence-electron chi connectivity index (χ0n) is 16.4. The molecule has 4 N–H and O–H groups in total. The van der Waals surface area contributed by atoms with Crippen LogP contribution in [-0.4, -0.2) is 45.3 Å². The van der Waals surface area contributed by atoms with Crippen molar-refractivity contribution in [1.82, 2.24) is 5.32 Å². The number of aliphatic hydroxyl groups is 1. The lowest BCUT2D eigenvalue weighted by Crippen LogP contribution is -2.40. The van der Waals surface area contributed by atoms with Crippen LogP contribution < -0.4 is 5.32 Å². The molecule has 8 nitrogen and oxygen atoms in total. The maximum Gasteiger partial charge on any atom is 0.371 e. The summed E-state index contributed by atoms with van der Waals surface area (Å²) in [6.45, 7) is 0. The third kappa shape index (κ3) is 5.80. The molecule has 0 saturated heterocycles. The van der Waals surface area contributed by atoms with E-state index in [2.05, 4.69) is 5.32 Å². The van der Waals surface area contributed by atoms with Crippen molar-refractivity contribution in [1.29, 1.82) is 0 Å². The number of carboxylic acid groups (broad SMARTS) is 2. The molecule has 0 aliphatic rings. The van der Waals surface area contributed by atoms with E-state index in [9.17, 15) is 19.5 Å². The van der Waals surface area contributed by atoms with E-state index in [1.165, 1.54) is 6.07 Å². The standard InChI is InChI=1S/C23H21NO7/c25-18(22(27)28)13-17(24-21(26)19-10-11-20(31-19)23(29)30)12-14-6-8-16(9-7-14)15-4-2-1-3-5-15/h1-11,17-18,25H,12-13H2,(H,24,26)(H,27,28)(H,29,30)/t17?,18-/m1/s1. The van der Waals surface area contributed by atoms with Gasteiger partial charge in [-0.05, 0) is 35.2 Å². The average molecular weight is 423 g/mol. The molecular weight excluding hydrogens is 402 g/mol. The van der Waals surface area contributed by atoms with Crippen molar-refractivity contribution in [2.24, 2.45) is 0 Å². The monoisotopic (exact) mass is 423 g/mol. The second kappa shape index (κ2) is 9.73. The Morgan fingerprint density at radius 2 is 1.45 bits per heavy atom. The smallest absolute Gasteiger partial charge is 0.371 e. The zero-order chi connectivity index (χ0) is 22.4. The molecule has 0 bridgehead atoms. The van der Waals surface area contributed by atoms with Gasteiger partial charge in [-0.1, -0.05) is 54.6 Å². The van der Waals surface area contributed by atoms with Crippen LogP contribution in [0.15, 0.2) is 71.1 Å². The molecule has 1 unspecified atom stereocenters. The first-order chi connectivity index (χ1) is 14.8. The first-order valence-corrected chi connectivity index (χ1v) is 9.52. The number of benzene rings is 2. The number of carbonyl (C=O) groups is 3. The van der Waals surface area contributed by atoms with E-state index in [4.69, 9.17) is 14.6 Å². The highest BCUT2D eigenvalue weighted by Crippen LogP contribution is 2.20. The second-order valence-corrected chi connectivity index (χ2v) is 7.00. The minimum absolute atomic E-state index is 0.216. The number of amides is 1. The normalized spacial score (nSPS) is 12.7. The summed E-state index contributed by atoms with van der Waals surface area (Å²) in [4.78, 5) is 34.4. The van der Waals surface area contributed by atoms with E-state index in [0.29, 0.717) is 0 Å². The van der Waals surface area contributed by atoms with Gasteiger partial charge in [0.2, 0.25) is 5.76 Å². The van der Waals surface area contributed by atoms with Crippen molar-refractivity contribution in [3.05, 3.63) is 83.8 Å². The molecule has 2 atom stereocenters. The van der Waals surface area contributed by atoms with Crippen LogP contribution in [0.1, 0.15) is 33.1 Å². The van der Waals surface area contributed by atoms with Crippen LogP contribution in [0.5, 0.6) is 0 Å². The number of aliphatic carboxylic acids is 1. The van der Waals surface area contributed by atoms with E-state index < -0.39 is 30.0 Å².